The minimum absolute atomic E-state index is 0.0324. The van der Waals surface area contributed by atoms with Gasteiger partial charge in [-0.25, -0.2) is 13.6 Å². The van der Waals surface area contributed by atoms with Crippen LogP contribution in [0.5, 0.6) is 0 Å². The number of aryl methyl sites for hydroxylation is 1. The topological polar surface area (TPSA) is 65.8 Å². The van der Waals surface area contributed by atoms with Gasteiger partial charge < -0.3 is 9.73 Å². The van der Waals surface area contributed by atoms with Crippen LogP contribution in [0.2, 0.25) is 0 Å². The summed E-state index contributed by atoms with van der Waals surface area (Å²) >= 11 is 0. The van der Waals surface area contributed by atoms with E-state index in [1.54, 1.807) is 0 Å². The molecule has 6 nitrogen and oxygen atoms in total. The summed E-state index contributed by atoms with van der Waals surface area (Å²) in [5.41, 5.74) is 2.14. The molecular weight excluding hydrogens is 404 g/mol. The largest absolute Gasteiger partial charge is 0.423 e. The van der Waals surface area contributed by atoms with E-state index in [0.717, 1.165) is 41.7 Å². The quantitative estimate of drug-likeness (QED) is 0.634. The average molecular weight is 427 g/mol. The third-order valence-corrected chi connectivity index (χ3v) is 5.42. The van der Waals surface area contributed by atoms with Crippen LogP contribution in [0.25, 0.3) is 11.0 Å². The fourth-order valence-electron chi connectivity index (χ4n) is 3.80. The summed E-state index contributed by atoms with van der Waals surface area (Å²) in [6.45, 7) is 5.48. The number of rotatable bonds is 5. The van der Waals surface area contributed by atoms with Crippen molar-refractivity contribution in [1.82, 2.24) is 9.80 Å². The lowest BCUT2D eigenvalue weighted by molar-refractivity contribution is -0.117. The number of fused-ring (bicyclic) bond motifs is 1. The van der Waals surface area contributed by atoms with Gasteiger partial charge in [-0.1, -0.05) is 12.1 Å². The maximum atomic E-state index is 13.7. The Bertz CT molecular complexity index is 1170. The van der Waals surface area contributed by atoms with Crippen molar-refractivity contribution in [3.63, 3.8) is 0 Å². The lowest BCUT2D eigenvalue weighted by Gasteiger charge is -2.34. The van der Waals surface area contributed by atoms with E-state index >= 15 is 0 Å². The molecule has 8 heteroatoms. The zero-order chi connectivity index (χ0) is 22.0. The summed E-state index contributed by atoms with van der Waals surface area (Å²) in [5, 5.41) is 3.41. The summed E-state index contributed by atoms with van der Waals surface area (Å²) in [5.74, 6) is -1.83. The summed E-state index contributed by atoms with van der Waals surface area (Å²) in [7, 11) is 0. The highest BCUT2D eigenvalue weighted by Crippen LogP contribution is 2.20. The van der Waals surface area contributed by atoms with E-state index in [-0.39, 0.29) is 23.8 Å². The number of nitrogens with one attached hydrogen (secondary N) is 1. The standard InChI is InChI=1S/C23H23F2N3O3/c1-15-2-4-18-16(11-23(30)31-21(18)10-15)13-27-6-8-28(9-7-27)14-22(29)26-20-5-3-17(24)12-19(20)25/h2-5,10-12H,6-9,13-14H2,1H3,(H,26,29). The SMILES string of the molecule is Cc1ccc2c(CN3CCN(CC(=O)Nc4ccc(F)cc4F)CC3)cc(=O)oc2c1. The highest BCUT2D eigenvalue weighted by atomic mass is 19.1. The molecule has 1 aromatic heterocycles. The molecule has 0 radical (unpaired) electrons. The first-order valence-corrected chi connectivity index (χ1v) is 10.1. The van der Waals surface area contributed by atoms with E-state index in [9.17, 15) is 18.4 Å². The Kier molecular flexibility index (Phi) is 6.11. The number of amides is 1. The molecule has 0 spiro atoms. The second kappa shape index (κ2) is 8.95. The molecule has 1 aliphatic rings. The van der Waals surface area contributed by atoms with Gasteiger partial charge >= 0.3 is 5.63 Å². The van der Waals surface area contributed by atoms with E-state index in [0.29, 0.717) is 25.2 Å². The van der Waals surface area contributed by atoms with Gasteiger partial charge in [0.05, 0.1) is 12.2 Å². The van der Waals surface area contributed by atoms with Gasteiger partial charge in [0.1, 0.15) is 17.2 Å². The van der Waals surface area contributed by atoms with Crippen molar-refractivity contribution in [2.45, 2.75) is 13.5 Å². The van der Waals surface area contributed by atoms with E-state index in [1.807, 2.05) is 30.0 Å². The lowest BCUT2D eigenvalue weighted by atomic mass is 10.1. The molecule has 1 aliphatic heterocycles. The molecule has 1 N–H and O–H groups in total. The number of carbonyl (C=O) groups is 1. The first-order valence-electron chi connectivity index (χ1n) is 10.1. The number of anilines is 1. The van der Waals surface area contributed by atoms with Crippen LogP contribution < -0.4 is 10.9 Å². The minimum Gasteiger partial charge on any atom is -0.423 e. The Hall–Kier alpha value is -3.10. The molecule has 2 heterocycles. The van der Waals surface area contributed by atoms with Gasteiger partial charge in [-0.3, -0.25) is 14.6 Å². The predicted molar refractivity (Wildman–Crippen MR) is 114 cm³/mol. The van der Waals surface area contributed by atoms with E-state index in [2.05, 4.69) is 10.2 Å². The van der Waals surface area contributed by atoms with Crippen LogP contribution in [-0.2, 0) is 11.3 Å². The van der Waals surface area contributed by atoms with Gasteiger partial charge in [-0.15, -0.1) is 0 Å². The molecule has 0 atom stereocenters. The molecule has 0 unspecified atom stereocenters. The first-order chi connectivity index (χ1) is 14.9. The highest BCUT2D eigenvalue weighted by Gasteiger charge is 2.20. The van der Waals surface area contributed by atoms with Crippen molar-refractivity contribution in [2.24, 2.45) is 0 Å². The molecule has 0 bridgehead atoms. The molecule has 2 aromatic carbocycles. The monoisotopic (exact) mass is 427 g/mol. The zero-order valence-electron chi connectivity index (χ0n) is 17.2. The van der Waals surface area contributed by atoms with Crippen molar-refractivity contribution in [3.8, 4) is 0 Å². The normalized spacial score (nSPS) is 15.3. The Morgan fingerprint density at radius 2 is 1.77 bits per heavy atom. The van der Waals surface area contributed by atoms with Crippen molar-refractivity contribution in [1.29, 1.82) is 0 Å². The Morgan fingerprint density at radius 1 is 1.03 bits per heavy atom. The van der Waals surface area contributed by atoms with E-state index < -0.39 is 11.6 Å². The van der Waals surface area contributed by atoms with Crippen LogP contribution in [0, 0.1) is 18.6 Å². The third-order valence-electron chi connectivity index (χ3n) is 5.42. The fraction of sp³-hybridized carbons (Fsp3) is 0.304. The van der Waals surface area contributed by atoms with Crippen molar-refractivity contribution in [2.75, 3.05) is 38.0 Å². The summed E-state index contributed by atoms with van der Waals surface area (Å²) in [6, 6.07) is 10.4. The number of piperazine rings is 1. The molecular formula is C23H23F2N3O3. The predicted octanol–water partition coefficient (Wildman–Crippen LogP) is 3.14. The van der Waals surface area contributed by atoms with Gasteiger partial charge in [0.25, 0.3) is 0 Å². The van der Waals surface area contributed by atoms with Gasteiger partial charge in [0.2, 0.25) is 5.91 Å². The smallest absolute Gasteiger partial charge is 0.336 e. The number of nitrogens with zero attached hydrogens (tertiary/aromatic N) is 2. The molecule has 3 aromatic rings. The van der Waals surface area contributed by atoms with Gasteiger partial charge in [0.15, 0.2) is 0 Å². The molecule has 162 valence electrons. The van der Waals surface area contributed by atoms with E-state index in [4.69, 9.17) is 4.42 Å². The van der Waals surface area contributed by atoms with Crippen molar-refractivity contribution < 1.29 is 18.0 Å². The van der Waals surface area contributed by atoms with Crippen molar-refractivity contribution >= 4 is 22.6 Å². The second-order valence-electron chi connectivity index (χ2n) is 7.81. The highest BCUT2D eigenvalue weighted by molar-refractivity contribution is 5.92. The van der Waals surface area contributed by atoms with Gasteiger partial charge in [-0.05, 0) is 36.2 Å². The maximum Gasteiger partial charge on any atom is 0.336 e. The van der Waals surface area contributed by atoms with Crippen LogP contribution in [0.4, 0.5) is 14.5 Å². The summed E-state index contributed by atoms with van der Waals surface area (Å²) in [4.78, 5) is 28.4. The van der Waals surface area contributed by atoms with Crippen molar-refractivity contribution in [3.05, 3.63) is 75.6 Å². The Labute approximate surface area is 178 Å². The number of hydrogen-bond donors (Lipinski definition) is 1. The van der Waals surface area contributed by atoms with E-state index in [1.165, 1.54) is 12.1 Å². The van der Waals surface area contributed by atoms with Crippen LogP contribution in [0.1, 0.15) is 11.1 Å². The second-order valence-corrected chi connectivity index (χ2v) is 7.81. The lowest BCUT2D eigenvalue weighted by Crippen LogP contribution is -2.48. The van der Waals surface area contributed by atoms with Gasteiger partial charge in [0, 0.05) is 50.2 Å². The van der Waals surface area contributed by atoms with Crippen LogP contribution in [-0.4, -0.2) is 48.4 Å². The molecule has 0 aliphatic carbocycles. The first kappa shape index (κ1) is 21.1. The zero-order valence-corrected chi connectivity index (χ0v) is 17.2. The molecule has 31 heavy (non-hydrogen) atoms. The molecule has 4 rings (SSSR count). The number of hydrogen-bond acceptors (Lipinski definition) is 5. The molecule has 0 saturated carbocycles. The van der Waals surface area contributed by atoms with Gasteiger partial charge in [-0.2, -0.15) is 0 Å². The number of benzene rings is 2. The summed E-state index contributed by atoms with van der Waals surface area (Å²) in [6.07, 6.45) is 0. The summed E-state index contributed by atoms with van der Waals surface area (Å²) < 4.78 is 32.0. The molecule has 1 saturated heterocycles. The number of halogens is 2. The fourth-order valence-corrected chi connectivity index (χ4v) is 3.80. The molecule has 1 fully saturated rings. The van der Waals surface area contributed by atoms with Crippen LogP contribution in [0.15, 0.2) is 51.7 Å². The minimum atomic E-state index is -0.798. The van der Waals surface area contributed by atoms with Crippen LogP contribution >= 0.6 is 0 Å². The third kappa shape index (κ3) is 5.15. The molecule has 1 amide bonds. The number of carbonyl (C=O) groups excluding carboxylic acids is 1. The Balaban J connectivity index is 1.33. The Morgan fingerprint density at radius 3 is 2.52 bits per heavy atom. The average Bonchev–Trinajstić information content (AvgIpc) is 2.71. The maximum absolute atomic E-state index is 13.7. The van der Waals surface area contributed by atoms with Crippen LogP contribution in [0.3, 0.4) is 0 Å².